The highest BCUT2D eigenvalue weighted by Crippen LogP contribution is 2.25. The van der Waals surface area contributed by atoms with E-state index in [4.69, 9.17) is 9.47 Å². The number of methoxy groups -OCH3 is 1. The molecule has 0 saturated carbocycles. The summed E-state index contributed by atoms with van der Waals surface area (Å²) in [6.45, 7) is 2.10. The van der Waals surface area contributed by atoms with Crippen LogP contribution in [-0.2, 0) is 16.0 Å². The summed E-state index contributed by atoms with van der Waals surface area (Å²) in [7, 11) is 1.56. The second kappa shape index (κ2) is 9.65. The Labute approximate surface area is 171 Å². The fourth-order valence-electron chi connectivity index (χ4n) is 2.47. The molecule has 2 aromatic heterocycles. The van der Waals surface area contributed by atoms with Gasteiger partial charge in [-0.25, -0.2) is 9.97 Å². The van der Waals surface area contributed by atoms with Crippen LogP contribution in [0.25, 0.3) is 11.1 Å². The van der Waals surface area contributed by atoms with E-state index in [0.717, 1.165) is 11.1 Å². The van der Waals surface area contributed by atoms with E-state index in [1.165, 1.54) is 17.6 Å². The minimum Gasteiger partial charge on any atom is -0.507 e. The first-order valence-electron chi connectivity index (χ1n) is 8.81. The van der Waals surface area contributed by atoms with E-state index in [0.29, 0.717) is 28.9 Å². The van der Waals surface area contributed by atoms with Crippen molar-refractivity contribution in [1.29, 1.82) is 0 Å². The lowest BCUT2D eigenvalue weighted by atomic mass is 10.0. The van der Waals surface area contributed by atoms with Crippen molar-refractivity contribution < 1.29 is 19.4 Å². The first kappa shape index (κ1) is 20.3. The fraction of sp³-hybridized carbons (Fsp3) is 0.200. The normalized spacial score (nSPS) is 10.8. The lowest BCUT2D eigenvalue weighted by molar-refractivity contribution is -0.142. The van der Waals surface area contributed by atoms with Crippen molar-refractivity contribution in [2.75, 3.05) is 19.1 Å². The van der Waals surface area contributed by atoms with E-state index < -0.39 is 0 Å². The van der Waals surface area contributed by atoms with Crippen molar-refractivity contribution in [3.05, 3.63) is 53.2 Å². The van der Waals surface area contributed by atoms with Crippen LogP contribution < -0.4 is 10.2 Å². The molecule has 0 unspecified atom stereocenters. The summed E-state index contributed by atoms with van der Waals surface area (Å²) in [5.41, 5.74) is 5.72. The molecular weight excluding hydrogens is 392 g/mol. The number of hydrazone groups is 1. The third-order valence-electron chi connectivity index (χ3n) is 3.85. The van der Waals surface area contributed by atoms with Crippen LogP contribution in [0.2, 0.25) is 0 Å². The number of nitrogens with zero attached hydrogens (tertiary/aromatic N) is 3. The summed E-state index contributed by atoms with van der Waals surface area (Å²) in [4.78, 5) is 20.0. The van der Waals surface area contributed by atoms with Crippen molar-refractivity contribution in [3.8, 4) is 22.8 Å². The van der Waals surface area contributed by atoms with Gasteiger partial charge in [-0.1, -0.05) is 6.07 Å². The number of carbonyl (C=O) groups is 1. The van der Waals surface area contributed by atoms with E-state index in [1.54, 1.807) is 49.9 Å². The molecule has 1 aromatic carbocycles. The monoisotopic (exact) mass is 412 g/mol. The molecule has 9 heteroatoms. The summed E-state index contributed by atoms with van der Waals surface area (Å²) in [6.07, 6.45) is 3.32. The number of thiazole rings is 1. The molecule has 29 heavy (non-hydrogen) atoms. The summed E-state index contributed by atoms with van der Waals surface area (Å²) in [5, 5.41) is 16.5. The van der Waals surface area contributed by atoms with Crippen LogP contribution in [0.4, 0.5) is 5.13 Å². The Bertz CT molecular complexity index is 1000. The van der Waals surface area contributed by atoms with Gasteiger partial charge in [0.2, 0.25) is 11.0 Å². The topological polar surface area (TPSA) is 106 Å². The molecule has 0 aliphatic carbocycles. The van der Waals surface area contributed by atoms with Crippen molar-refractivity contribution in [2.24, 2.45) is 5.10 Å². The van der Waals surface area contributed by atoms with Crippen molar-refractivity contribution >= 4 is 28.7 Å². The highest BCUT2D eigenvalue weighted by atomic mass is 32.1. The number of pyridine rings is 1. The predicted octanol–water partition coefficient (Wildman–Crippen LogP) is 3.47. The van der Waals surface area contributed by atoms with E-state index in [-0.39, 0.29) is 18.1 Å². The number of aromatic nitrogens is 2. The first-order valence-corrected chi connectivity index (χ1v) is 9.69. The van der Waals surface area contributed by atoms with Gasteiger partial charge >= 0.3 is 5.97 Å². The number of carbonyl (C=O) groups excluding carboxylic acids is 1. The predicted molar refractivity (Wildman–Crippen MR) is 112 cm³/mol. The first-order chi connectivity index (χ1) is 14.1. The van der Waals surface area contributed by atoms with Gasteiger partial charge in [-0.05, 0) is 30.7 Å². The molecule has 0 fully saturated rings. The lowest BCUT2D eigenvalue weighted by Gasteiger charge is -2.05. The minimum atomic E-state index is -0.317. The molecular formula is C20H20N4O4S. The van der Waals surface area contributed by atoms with Crippen molar-refractivity contribution in [1.82, 2.24) is 9.97 Å². The number of hydrogen-bond donors (Lipinski definition) is 2. The Balaban J connectivity index is 1.67. The van der Waals surface area contributed by atoms with Gasteiger partial charge in [0.25, 0.3) is 0 Å². The molecule has 8 nitrogen and oxygen atoms in total. The lowest BCUT2D eigenvalue weighted by Crippen LogP contribution is -2.07. The number of hydrogen-bond acceptors (Lipinski definition) is 9. The Morgan fingerprint density at radius 1 is 1.31 bits per heavy atom. The second-order valence-corrected chi connectivity index (χ2v) is 6.72. The SMILES string of the molecule is CCOC(=O)Cc1csc(NN=Cc2cc(-c3ccc(OC)nc3)ccc2O)n1. The summed E-state index contributed by atoms with van der Waals surface area (Å²) in [6, 6.07) is 8.86. The smallest absolute Gasteiger partial charge is 0.311 e. The highest BCUT2D eigenvalue weighted by Gasteiger charge is 2.08. The third-order valence-corrected chi connectivity index (χ3v) is 4.65. The number of esters is 1. The van der Waals surface area contributed by atoms with E-state index in [9.17, 15) is 9.90 Å². The number of ether oxygens (including phenoxy) is 2. The summed E-state index contributed by atoms with van der Waals surface area (Å²) >= 11 is 1.33. The molecule has 3 rings (SSSR count). The molecule has 2 N–H and O–H groups in total. The second-order valence-electron chi connectivity index (χ2n) is 5.86. The fourth-order valence-corrected chi connectivity index (χ4v) is 3.12. The molecule has 3 aromatic rings. The quantitative estimate of drug-likeness (QED) is 0.331. The number of benzene rings is 1. The van der Waals surface area contributed by atoms with E-state index in [2.05, 4.69) is 20.5 Å². The van der Waals surface area contributed by atoms with Gasteiger partial charge in [0.15, 0.2) is 0 Å². The van der Waals surface area contributed by atoms with E-state index in [1.807, 2.05) is 6.07 Å². The van der Waals surface area contributed by atoms with Crippen LogP contribution >= 0.6 is 11.3 Å². The maximum absolute atomic E-state index is 11.5. The zero-order valence-electron chi connectivity index (χ0n) is 16.0. The van der Waals surface area contributed by atoms with Gasteiger partial charge in [0.05, 0.1) is 32.0 Å². The number of rotatable bonds is 8. The molecule has 0 bridgehead atoms. The molecule has 2 heterocycles. The minimum absolute atomic E-state index is 0.0999. The van der Waals surface area contributed by atoms with E-state index >= 15 is 0 Å². The summed E-state index contributed by atoms with van der Waals surface area (Å²) < 4.78 is 9.97. The maximum atomic E-state index is 11.5. The highest BCUT2D eigenvalue weighted by molar-refractivity contribution is 7.13. The van der Waals surface area contributed by atoms with Gasteiger partial charge < -0.3 is 14.6 Å². The molecule has 0 radical (unpaired) electrons. The van der Waals surface area contributed by atoms with Crippen LogP contribution in [0.1, 0.15) is 18.2 Å². The molecule has 0 aliphatic rings. The zero-order valence-corrected chi connectivity index (χ0v) is 16.8. The zero-order chi connectivity index (χ0) is 20.6. The average Bonchev–Trinajstić information content (AvgIpc) is 3.16. The maximum Gasteiger partial charge on any atom is 0.311 e. The van der Waals surface area contributed by atoms with Gasteiger partial charge in [-0.15, -0.1) is 11.3 Å². The average molecular weight is 412 g/mol. The number of phenols is 1. The van der Waals surface area contributed by atoms with Crippen molar-refractivity contribution in [2.45, 2.75) is 13.3 Å². The van der Waals surface area contributed by atoms with Gasteiger partial charge in [0, 0.05) is 28.8 Å². The Kier molecular flexibility index (Phi) is 6.75. The van der Waals surface area contributed by atoms with Gasteiger partial charge in [0.1, 0.15) is 5.75 Å². The summed E-state index contributed by atoms with van der Waals surface area (Å²) in [5.74, 6) is 0.315. The number of aromatic hydroxyl groups is 1. The van der Waals surface area contributed by atoms with Crippen LogP contribution in [0.3, 0.4) is 0 Å². The molecule has 150 valence electrons. The number of anilines is 1. The number of nitrogens with one attached hydrogen (secondary N) is 1. The molecule has 0 amide bonds. The van der Waals surface area contributed by atoms with Gasteiger partial charge in [-0.3, -0.25) is 10.2 Å². The Morgan fingerprint density at radius 3 is 2.86 bits per heavy atom. The standard InChI is InChI=1S/C20H20N4O4S/c1-3-28-19(26)9-16-12-29-20(23-16)24-22-11-15-8-13(4-6-17(15)25)14-5-7-18(27-2)21-10-14/h4-8,10-12,25H,3,9H2,1-2H3,(H,23,24). The van der Waals surface area contributed by atoms with Crippen molar-refractivity contribution in [3.63, 3.8) is 0 Å². The largest absolute Gasteiger partial charge is 0.507 e. The number of phenolic OH excluding ortho intramolecular Hbond substituents is 1. The molecule has 0 aliphatic heterocycles. The van der Waals surface area contributed by atoms with Crippen LogP contribution in [0.15, 0.2) is 47.0 Å². The molecule has 0 atom stereocenters. The van der Waals surface area contributed by atoms with Crippen LogP contribution in [0, 0.1) is 0 Å². The molecule has 0 saturated heterocycles. The Hall–Kier alpha value is -3.46. The van der Waals surface area contributed by atoms with Crippen LogP contribution in [-0.4, -0.2) is 41.0 Å². The Morgan fingerprint density at radius 2 is 2.14 bits per heavy atom. The molecule has 0 spiro atoms. The van der Waals surface area contributed by atoms with Gasteiger partial charge in [-0.2, -0.15) is 5.10 Å². The van der Waals surface area contributed by atoms with Crippen LogP contribution in [0.5, 0.6) is 11.6 Å². The third kappa shape index (κ3) is 5.52.